The largest absolute Gasteiger partial charge is 0.357 e. The summed E-state index contributed by atoms with van der Waals surface area (Å²) in [5, 5.41) is 11.3. The minimum atomic E-state index is -0.618. The van der Waals surface area contributed by atoms with Crippen LogP contribution >= 0.6 is 23.2 Å². The third-order valence-corrected chi connectivity index (χ3v) is 3.12. The monoisotopic (exact) mass is 274 g/mol. The van der Waals surface area contributed by atoms with Crippen molar-refractivity contribution >= 4 is 45.5 Å². The van der Waals surface area contributed by atoms with Crippen molar-refractivity contribution in [3.63, 3.8) is 0 Å². The maximum atomic E-state index is 10.9. The molecule has 0 bridgehead atoms. The van der Waals surface area contributed by atoms with Crippen molar-refractivity contribution in [3.05, 3.63) is 31.9 Å². The molecule has 8 heteroatoms. The third-order valence-electron chi connectivity index (χ3n) is 2.47. The molecule has 0 fully saturated rings. The Morgan fingerprint density at radius 2 is 2.18 bits per heavy atom. The van der Waals surface area contributed by atoms with Crippen LogP contribution in [0.3, 0.4) is 0 Å². The van der Waals surface area contributed by atoms with Gasteiger partial charge >= 0.3 is 5.69 Å². The summed E-state index contributed by atoms with van der Waals surface area (Å²) in [5.74, 6) is 5.36. The molecule has 4 N–H and O–H groups in total. The number of aryl methyl sites for hydroxylation is 1. The first-order valence-electron chi connectivity index (χ1n) is 4.58. The quantitative estimate of drug-likeness (QED) is 0.446. The number of fused-ring (bicyclic) bond motifs is 1. The molecular formula is C9H8Cl2N4O2. The summed E-state index contributed by atoms with van der Waals surface area (Å²) in [6.45, 7) is 1.77. The molecule has 0 aliphatic heterocycles. The fourth-order valence-corrected chi connectivity index (χ4v) is 2.44. The van der Waals surface area contributed by atoms with E-state index in [1.165, 1.54) is 6.07 Å². The number of nitrogens with one attached hydrogen (secondary N) is 2. The van der Waals surface area contributed by atoms with E-state index in [9.17, 15) is 10.1 Å². The number of halogens is 2. The van der Waals surface area contributed by atoms with E-state index in [4.69, 9.17) is 29.0 Å². The predicted molar refractivity (Wildman–Crippen MR) is 67.5 cm³/mol. The smallest absolute Gasteiger partial charge is 0.307 e. The molecule has 17 heavy (non-hydrogen) atoms. The predicted octanol–water partition coefficient (Wildman–Crippen LogP) is 2.98. The standard InChI is InChI=1S/C9H8Cl2N4O2/c1-3-8(14-12)6-5(13-3)2-4(10)9(7(6)11)15(16)17/h2,13-14H,12H2,1H3. The second-order valence-electron chi connectivity index (χ2n) is 3.47. The molecule has 1 aromatic carbocycles. The highest BCUT2D eigenvalue weighted by atomic mass is 35.5. The van der Waals surface area contributed by atoms with Gasteiger partial charge in [0.15, 0.2) is 0 Å². The Morgan fingerprint density at radius 1 is 1.53 bits per heavy atom. The molecule has 90 valence electrons. The van der Waals surface area contributed by atoms with Gasteiger partial charge in [0.25, 0.3) is 0 Å². The zero-order valence-electron chi connectivity index (χ0n) is 8.67. The second-order valence-corrected chi connectivity index (χ2v) is 4.26. The summed E-state index contributed by atoms with van der Waals surface area (Å²) in [4.78, 5) is 13.2. The van der Waals surface area contributed by atoms with E-state index >= 15 is 0 Å². The van der Waals surface area contributed by atoms with Crippen LogP contribution in [0.25, 0.3) is 10.9 Å². The van der Waals surface area contributed by atoms with E-state index in [-0.39, 0.29) is 15.7 Å². The molecule has 0 atom stereocenters. The van der Waals surface area contributed by atoms with Crippen LogP contribution in [0.15, 0.2) is 6.07 Å². The van der Waals surface area contributed by atoms with Crippen molar-refractivity contribution in [2.75, 3.05) is 5.43 Å². The number of benzene rings is 1. The Kier molecular flexibility index (Phi) is 2.86. The molecule has 0 amide bonds. The van der Waals surface area contributed by atoms with Crippen LogP contribution in [-0.4, -0.2) is 9.91 Å². The molecule has 0 spiro atoms. The number of H-pyrrole nitrogens is 1. The molecule has 0 unspecified atom stereocenters. The van der Waals surface area contributed by atoms with Crippen LogP contribution in [0.2, 0.25) is 10.0 Å². The molecule has 1 heterocycles. The summed E-state index contributed by atoms with van der Waals surface area (Å²) in [6.07, 6.45) is 0. The fraction of sp³-hybridized carbons (Fsp3) is 0.111. The normalized spacial score (nSPS) is 10.8. The van der Waals surface area contributed by atoms with Crippen molar-refractivity contribution in [1.82, 2.24) is 4.98 Å². The van der Waals surface area contributed by atoms with Crippen molar-refractivity contribution in [1.29, 1.82) is 0 Å². The fourth-order valence-electron chi connectivity index (χ4n) is 1.75. The number of rotatable bonds is 2. The zero-order valence-corrected chi connectivity index (χ0v) is 10.2. The van der Waals surface area contributed by atoms with Gasteiger partial charge in [-0.05, 0) is 13.0 Å². The maximum Gasteiger partial charge on any atom is 0.307 e. The van der Waals surface area contributed by atoms with Gasteiger partial charge in [0.1, 0.15) is 10.0 Å². The highest BCUT2D eigenvalue weighted by molar-refractivity contribution is 6.43. The summed E-state index contributed by atoms with van der Waals surface area (Å²) >= 11 is 11.8. The SMILES string of the molecule is Cc1[nH]c2cc(Cl)c([N+](=O)[O-])c(Cl)c2c1NN. The van der Waals surface area contributed by atoms with Gasteiger partial charge in [0, 0.05) is 11.1 Å². The van der Waals surface area contributed by atoms with Gasteiger partial charge in [-0.15, -0.1) is 0 Å². The van der Waals surface area contributed by atoms with Gasteiger partial charge in [0.2, 0.25) is 0 Å². The number of nitrogens with zero attached hydrogens (tertiary/aromatic N) is 1. The van der Waals surface area contributed by atoms with E-state index in [1.54, 1.807) is 6.92 Å². The highest BCUT2D eigenvalue weighted by Gasteiger charge is 2.24. The molecule has 0 radical (unpaired) electrons. The number of nitro groups is 1. The van der Waals surface area contributed by atoms with Crippen LogP contribution in [0.5, 0.6) is 0 Å². The summed E-state index contributed by atoms with van der Waals surface area (Å²) < 4.78 is 0. The Balaban J connectivity index is 2.94. The number of nitrogen functional groups attached to an aromatic ring is 1. The van der Waals surface area contributed by atoms with Crippen LogP contribution in [0.1, 0.15) is 5.69 Å². The summed E-state index contributed by atoms with van der Waals surface area (Å²) in [6, 6.07) is 1.45. The van der Waals surface area contributed by atoms with Crippen molar-refractivity contribution in [2.24, 2.45) is 5.84 Å². The van der Waals surface area contributed by atoms with E-state index in [1.807, 2.05) is 0 Å². The van der Waals surface area contributed by atoms with Crippen LogP contribution < -0.4 is 11.3 Å². The number of hydrogen-bond acceptors (Lipinski definition) is 4. The van der Waals surface area contributed by atoms with E-state index in [0.29, 0.717) is 16.6 Å². The molecule has 0 aliphatic rings. The Labute approximate surface area is 106 Å². The Bertz CT molecular complexity index is 623. The summed E-state index contributed by atoms with van der Waals surface area (Å²) in [5.41, 5.74) is 3.98. The Morgan fingerprint density at radius 3 is 2.71 bits per heavy atom. The third kappa shape index (κ3) is 1.70. The maximum absolute atomic E-state index is 10.9. The number of nitrogens with two attached hydrogens (primary N) is 1. The Hall–Kier alpha value is -1.50. The lowest BCUT2D eigenvalue weighted by atomic mass is 10.2. The van der Waals surface area contributed by atoms with Crippen molar-refractivity contribution in [3.8, 4) is 0 Å². The number of nitro benzene ring substituents is 1. The molecule has 0 aliphatic carbocycles. The molecule has 2 aromatic rings. The highest BCUT2D eigenvalue weighted by Crippen LogP contribution is 2.42. The van der Waals surface area contributed by atoms with Gasteiger partial charge in [0.05, 0.1) is 16.1 Å². The van der Waals surface area contributed by atoms with Gasteiger partial charge in [-0.2, -0.15) is 0 Å². The van der Waals surface area contributed by atoms with E-state index in [2.05, 4.69) is 10.4 Å². The topological polar surface area (TPSA) is 97.0 Å². The first-order valence-corrected chi connectivity index (χ1v) is 5.34. The van der Waals surface area contributed by atoms with Crippen LogP contribution in [-0.2, 0) is 0 Å². The number of aromatic nitrogens is 1. The molecule has 6 nitrogen and oxygen atoms in total. The summed E-state index contributed by atoms with van der Waals surface area (Å²) in [7, 11) is 0. The van der Waals surface area contributed by atoms with Gasteiger partial charge in [-0.25, -0.2) is 0 Å². The lowest BCUT2D eigenvalue weighted by Crippen LogP contribution is -2.07. The molecule has 1 aromatic heterocycles. The number of aromatic amines is 1. The first-order chi connectivity index (χ1) is 7.97. The van der Waals surface area contributed by atoms with Gasteiger partial charge in [-0.3, -0.25) is 16.0 Å². The minimum Gasteiger partial charge on any atom is -0.357 e. The molecular weight excluding hydrogens is 267 g/mol. The van der Waals surface area contributed by atoms with Gasteiger partial charge in [-0.1, -0.05) is 23.2 Å². The average Bonchev–Trinajstić information content (AvgIpc) is 2.53. The average molecular weight is 275 g/mol. The zero-order chi connectivity index (χ0) is 12.7. The van der Waals surface area contributed by atoms with Crippen LogP contribution in [0, 0.1) is 17.0 Å². The molecule has 2 rings (SSSR count). The van der Waals surface area contributed by atoms with E-state index in [0.717, 1.165) is 5.69 Å². The lowest BCUT2D eigenvalue weighted by Gasteiger charge is -2.03. The lowest BCUT2D eigenvalue weighted by molar-refractivity contribution is -0.384. The van der Waals surface area contributed by atoms with Crippen molar-refractivity contribution < 1.29 is 4.92 Å². The minimum absolute atomic E-state index is 0.0164. The molecule has 0 saturated heterocycles. The number of anilines is 1. The van der Waals surface area contributed by atoms with E-state index < -0.39 is 4.92 Å². The van der Waals surface area contributed by atoms with Crippen LogP contribution in [0.4, 0.5) is 11.4 Å². The number of hydrazine groups is 1. The van der Waals surface area contributed by atoms with Crippen molar-refractivity contribution in [2.45, 2.75) is 6.92 Å². The number of hydrogen-bond donors (Lipinski definition) is 3. The first kappa shape index (κ1) is 12.0. The molecule has 0 saturated carbocycles. The van der Waals surface area contributed by atoms with Gasteiger partial charge < -0.3 is 10.4 Å². The second kappa shape index (κ2) is 4.06.